The summed E-state index contributed by atoms with van der Waals surface area (Å²) in [4.78, 5) is 28.2. The van der Waals surface area contributed by atoms with Crippen LogP contribution in [-0.2, 0) is 26.2 Å². The lowest BCUT2D eigenvalue weighted by molar-refractivity contribution is -0.142. The Balaban J connectivity index is 2.30. The van der Waals surface area contributed by atoms with Crippen LogP contribution in [0, 0.1) is 0 Å². The molecule has 0 aliphatic rings. The van der Waals surface area contributed by atoms with Gasteiger partial charge in [0, 0.05) is 45.7 Å². The van der Waals surface area contributed by atoms with Gasteiger partial charge in [0.15, 0.2) is 0 Å². The van der Waals surface area contributed by atoms with E-state index < -0.39 is 21.6 Å². The van der Waals surface area contributed by atoms with Crippen LogP contribution in [-0.4, -0.2) is 49.5 Å². The summed E-state index contributed by atoms with van der Waals surface area (Å²) in [6, 6.07) is 10.8. The largest absolute Gasteiger partial charge is 0.350 e. The van der Waals surface area contributed by atoms with Gasteiger partial charge in [-0.15, -0.1) is 0 Å². The van der Waals surface area contributed by atoms with E-state index in [2.05, 4.69) is 5.32 Å². The standard InChI is InChI=1S/C26H34Cl3N3O4S/c1-6-23(25(34)30-26(2,3)4)31(17-20-21(28)12-8-13-22(20)29)24(33)14-9-15-32(37(5,35)36)19-11-7-10-18(27)16-19/h7-8,10-13,16,23H,6,9,14-15,17H2,1-5H3,(H,30,34)/t23-/m0/s1. The molecule has 11 heteroatoms. The van der Waals surface area contributed by atoms with Gasteiger partial charge in [-0.3, -0.25) is 13.9 Å². The lowest BCUT2D eigenvalue weighted by Gasteiger charge is -2.33. The molecule has 0 fully saturated rings. The van der Waals surface area contributed by atoms with Gasteiger partial charge >= 0.3 is 0 Å². The summed E-state index contributed by atoms with van der Waals surface area (Å²) >= 11 is 18.8. The Labute approximate surface area is 235 Å². The SMILES string of the molecule is CC[C@@H](C(=O)NC(C)(C)C)N(Cc1c(Cl)cccc1Cl)C(=O)CCCN(c1cccc(Cl)c1)S(C)(=O)=O. The molecule has 0 aromatic heterocycles. The number of amides is 2. The molecular formula is C26H34Cl3N3O4S. The molecule has 2 amide bonds. The highest BCUT2D eigenvalue weighted by molar-refractivity contribution is 7.92. The number of halogens is 3. The van der Waals surface area contributed by atoms with Crippen LogP contribution in [0.3, 0.4) is 0 Å². The molecule has 0 saturated heterocycles. The van der Waals surface area contributed by atoms with E-state index >= 15 is 0 Å². The lowest BCUT2D eigenvalue weighted by atomic mass is 10.0. The van der Waals surface area contributed by atoms with Crippen molar-refractivity contribution in [3.63, 3.8) is 0 Å². The molecule has 0 aliphatic carbocycles. The normalized spacial score (nSPS) is 12.6. The van der Waals surface area contributed by atoms with Gasteiger partial charge < -0.3 is 10.2 Å². The number of anilines is 1. The number of sulfonamides is 1. The molecule has 37 heavy (non-hydrogen) atoms. The molecule has 2 aromatic rings. The van der Waals surface area contributed by atoms with E-state index in [0.717, 1.165) is 6.26 Å². The predicted octanol–water partition coefficient (Wildman–Crippen LogP) is 5.92. The zero-order valence-corrected chi connectivity index (χ0v) is 24.8. The summed E-state index contributed by atoms with van der Waals surface area (Å²) < 4.78 is 26.1. The first-order valence-electron chi connectivity index (χ1n) is 11.9. The fourth-order valence-corrected chi connectivity index (χ4v) is 5.52. The molecule has 1 N–H and O–H groups in total. The van der Waals surface area contributed by atoms with Gasteiger partial charge in [-0.05, 0) is 63.9 Å². The van der Waals surface area contributed by atoms with Crippen molar-refractivity contribution in [3.05, 3.63) is 63.1 Å². The second kappa shape index (κ2) is 13.2. The molecule has 0 heterocycles. The minimum absolute atomic E-state index is 0.00789. The Hall–Kier alpha value is -2.00. The van der Waals surface area contributed by atoms with Crippen molar-refractivity contribution < 1.29 is 18.0 Å². The highest BCUT2D eigenvalue weighted by atomic mass is 35.5. The molecular weight excluding hydrogens is 557 g/mol. The van der Waals surface area contributed by atoms with E-state index in [-0.39, 0.29) is 37.7 Å². The molecule has 0 unspecified atom stereocenters. The minimum atomic E-state index is -3.62. The van der Waals surface area contributed by atoms with Crippen LogP contribution in [0.15, 0.2) is 42.5 Å². The molecule has 7 nitrogen and oxygen atoms in total. The van der Waals surface area contributed by atoms with Crippen molar-refractivity contribution >= 4 is 62.3 Å². The Morgan fingerprint density at radius 2 is 1.62 bits per heavy atom. The monoisotopic (exact) mass is 589 g/mol. The summed E-state index contributed by atoms with van der Waals surface area (Å²) in [6.45, 7) is 7.53. The van der Waals surface area contributed by atoms with Crippen molar-refractivity contribution in [2.75, 3.05) is 17.1 Å². The van der Waals surface area contributed by atoms with Crippen LogP contribution in [0.2, 0.25) is 15.1 Å². The maximum absolute atomic E-state index is 13.5. The topological polar surface area (TPSA) is 86.8 Å². The molecule has 1 atom stereocenters. The zero-order chi connectivity index (χ0) is 28.0. The molecule has 0 aliphatic heterocycles. The number of hydrogen-bond acceptors (Lipinski definition) is 4. The Bertz CT molecular complexity index is 1200. The molecule has 0 bridgehead atoms. The van der Waals surface area contributed by atoms with E-state index in [1.165, 1.54) is 9.21 Å². The Morgan fingerprint density at radius 3 is 2.14 bits per heavy atom. The van der Waals surface area contributed by atoms with Gasteiger partial charge in [-0.25, -0.2) is 8.42 Å². The Kier molecular flexibility index (Phi) is 11.1. The van der Waals surface area contributed by atoms with Gasteiger partial charge in [-0.2, -0.15) is 0 Å². The second-order valence-corrected chi connectivity index (χ2v) is 13.0. The third-order valence-electron chi connectivity index (χ3n) is 5.52. The average Bonchev–Trinajstić information content (AvgIpc) is 2.76. The van der Waals surface area contributed by atoms with Crippen molar-refractivity contribution in [3.8, 4) is 0 Å². The third-order valence-corrected chi connectivity index (χ3v) is 7.66. The Morgan fingerprint density at radius 1 is 1.03 bits per heavy atom. The quantitative estimate of drug-likeness (QED) is 0.352. The van der Waals surface area contributed by atoms with E-state index in [0.29, 0.717) is 32.7 Å². The van der Waals surface area contributed by atoms with E-state index in [1.54, 1.807) is 42.5 Å². The minimum Gasteiger partial charge on any atom is -0.350 e. The van der Waals surface area contributed by atoms with Crippen molar-refractivity contribution in [2.24, 2.45) is 0 Å². The van der Waals surface area contributed by atoms with Crippen LogP contribution in [0.1, 0.15) is 52.5 Å². The first-order valence-corrected chi connectivity index (χ1v) is 14.9. The van der Waals surface area contributed by atoms with E-state index in [4.69, 9.17) is 34.8 Å². The molecule has 0 spiro atoms. The van der Waals surface area contributed by atoms with Gasteiger partial charge in [0.25, 0.3) is 0 Å². The molecule has 0 radical (unpaired) electrons. The van der Waals surface area contributed by atoms with Crippen LogP contribution in [0.5, 0.6) is 0 Å². The summed E-state index contributed by atoms with van der Waals surface area (Å²) in [6.07, 6.45) is 1.70. The molecule has 2 rings (SSSR count). The van der Waals surface area contributed by atoms with Gasteiger partial charge in [0.05, 0.1) is 11.9 Å². The van der Waals surface area contributed by atoms with Crippen molar-refractivity contribution in [1.82, 2.24) is 10.2 Å². The summed E-state index contributed by atoms with van der Waals surface area (Å²) in [5.74, 6) is -0.602. The van der Waals surface area contributed by atoms with Gasteiger partial charge in [-0.1, -0.05) is 53.9 Å². The molecule has 0 saturated carbocycles. The molecule has 204 valence electrons. The van der Waals surface area contributed by atoms with E-state index in [9.17, 15) is 18.0 Å². The van der Waals surface area contributed by atoms with Crippen molar-refractivity contribution in [2.45, 2.75) is 65.1 Å². The number of nitrogens with one attached hydrogen (secondary N) is 1. The molecule has 2 aromatic carbocycles. The number of nitrogens with zero attached hydrogens (tertiary/aromatic N) is 2. The smallest absolute Gasteiger partial charge is 0.243 e. The first kappa shape index (κ1) is 31.2. The summed E-state index contributed by atoms with van der Waals surface area (Å²) in [5, 5.41) is 4.12. The highest BCUT2D eigenvalue weighted by Crippen LogP contribution is 2.28. The second-order valence-electron chi connectivity index (χ2n) is 9.80. The third kappa shape index (κ3) is 9.36. The number of rotatable bonds is 11. The summed E-state index contributed by atoms with van der Waals surface area (Å²) in [5.41, 5.74) is 0.463. The van der Waals surface area contributed by atoms with Crippen molar-refractivity contribution in [1.29, 1.82) is 0 Å². The number of carbonyl (C=O) groups is 2. The maximum Gasteiger partial charge on any atom is 0.243 e. The fraction of sp³-hybridized carbons (Fsp3) is 0.462. The lowest BCUT2D eigenvalue weighted by Crippen LogP contribution is -2.53. The van der Waals surface area contributed by atoms with Crippen LogP contribution < -0.4 is 9.62 Å². The zero-order valence-electron chi connectivity index (χ0n) is 21.7. The average molecular weight is 591 g/mol. The maximum atomic E-state index is 13.5. The van der Waals surface area contributed by atoms with Crippen LogP contribution >= 0.6 is 34.8 Å². The predicted molar refractivity (Wildman–Crippen MR) is 152 cm³/mol. The number of benzene rings is 2. The first-order chi connectivity index (χ1) is 17.1. The highest BCUT2D eigenvalue weighted by Gasteiger charge is 2.31. The van der Waals surface area contributed by atoms with Crippen LogP contribution in [0.4, 0.5) is 5.69 Å². The number of hydrogen-bond donors (Lipinski definition) is 1. The van der Waals surface area contributed by atoms with Gasteiger partial charge in [0.1, 0.15) is 6.04 Å². The summed E-state index contributed by atoms with van der Waals surface area (Å²) in [7, 11) is -3.62. The fourth-order valence-electron chi connectivity index (χ4n) is 3.86. The number of carbonyl (C=O) groups excluding carboxylic acids is 2. The van der Waals surface area contributed by atoms with Crippen LogP contribution in [0.25, 0.3) is 0 Å². The van der Waals surface area contributed by atoms with Gasteiger partial charge in [0.2, 0.25) is 21.8 Å². The van der Waals surface area contributed by atoms with E-state index in [1.807, 2.05) is 27.7 Å².